The second-order valence-corrected chi connectivity index (χ2v) is 5.18. The van der Waals surface area contributed by atoms with Crippen LogP contribution in [0.1, 0.15) is 48.5 Å². The Morgan fingerprint density at radius 1 is 1.24 bits per heavy atom. The number of nitrogens with zero attached hydrogens (tertiary/aromatic N) is 2. The van der Waals surface area contributed by atoms with E-state index >= 15 is 0 Å². The molecule has 4 nitrogen and oxygen atoms in total. The van der Waals surface area contributed by atoms with E-state index in [2.05, 4.69) is 24.2 Å². The molecule has 1 heterocycles. The zero-order chi connectivity index (χ0) is 15.2. The maximum Gasteiger partial charge on any atom is 0.292 e. The van der Waals surface area contributed by atoms with Crippen LogP contribution in [0.25, 0.3) is 0 Å². The van der Waals surface area contributed by atoms with E-state index in [1.54, 1.807) is 11.0 Å². The molecule has 0 saturated heterocycles. The summed E-state index contributed by atoms with van der Waals surface area (Å²) in [6.45, 7) is 7.40. The lowest BCUT2D eigenvalue weighted by molar-refractivity contribution is 0.0731. The molecule has 1 unspecified atom stereocenters. The molecule has 1 aromatic heterocycles. The predicted molar refractivity (Wildman–Crippen MR) is 82.3 cm³/mol. The van der Waals surface area contributed by atoms with E-state index in [9.17, 15) is 4.79 Å². The Labute approximate surface area is 125 Å². The van der Waals surface area contributed by atoms with Crippen LogP contribution in [0.5, 0.6) is 0 Å². The standard InChI is InChI=1S/C17H22N2O2/c1-4-19(5-2)17(20)16-12-15(18-21-16)11-13(3)14-9-7-6-8-10-14/h6-10,12-13H,4-5,11H2,1-3H3. The minimum atomic E-state index is -0.0916. The minimum absolute atomic E-state index is 0.0916. The van der Waals surface area contributed by atoms with Gasteiger partial charge in [-0.2, -0.15) is 0 Å². The molecule has 0 N–H and O–H groups in total. The fourth-order valence-electron chi connectivity index (χ4n) is 2.39. The van der Waals surface area contributed by atoms with Gasteiger partial charge >= 0.3 is 0 Å². The lowest BCUT2D eigenvalue weighted by Crippen LogP contribution is -2.30. The molecule has 1 aromatic carbocycles. The number of hydrogen-bond acceptors (Lipinski definition) is 3. The Kier molecular flexibility index (Phi) is 5.14. The largest absolute Gasteiger partial charge is 0.351 e. The Morgan fingerprint density at radius 3 is 2.52 bits per heavy atom. The van der Waals surface area contributed by atoms with Crippen LogP contribution in [0.15, 0.2) is 40.9 Å². The van der Waals surface area contributed by atoms with Crippen LogP contribution >= 0.6 is 0 Å². The normalized spacial score (nSPS) is 12.1. The summed E-state index contributed by atoms with van der Waals surface area (Å²) in [6.07, 6.45) is 0.763. The van der Waals surface area contributed by atoms with Crippen LogP contribution in [0.3, 0.4) is 0 Å². The summed E-state index contributed by atoms with van der Waals surface area (Å²) >= 11 is 0. The number of rotatable bonds is 6. The minimum Gasteiger partial charge on any atom is -0.351 e. The summed E-state index contributed by atoms with van der Waals surface area (Å²) in [5.41, 5.74) is 2.08. The average molecular weight is 286 g/mol. The molecule has 112 valence electrons. The molecule has 0 aliphatic carbocycles. The molecule has 2 rings (SSSR count). The van der Waals surface area contributed by atoms with Gasteiger partial charge in [0.15, 0.2) is 0 Å². The first-order valence-electron chi connectivity index (χ1n) is 7.45. The van der Waals surface area contributed by atoms with E-state index in [0.29, 0.717) is 24.8 Å². The number of benzene rings is 1. The van der Waals surface area contributed by atoms with Crippen molar-refractivity contribution in [3.8, 4) is 0 Å². The Hall–Kier alpha value is -2.10. The summed E-state index contributed by atoms with van der Waals surface area (Å²) in [5.74, 6) is 0.577. The van der Waals surface area contributed by atoms with Crippen molar-refractivity contribution in [2.75, 3.05) is 13.1 Å². The molecule has 1 amide bonds. The number of hydrogen-bond donors (Lipinski definition) is 0. The van der Waals surface area contributed by atoms with Gasteiger partial charge in [-0.05, 0) is 31.7 Å². The molecular formula is C17H22N2O2. The van der Waals surface area contributed by atoms with Crippen molar-refractivity contribution in [2.45, 2.75) is 33.1 Å². The van der Waals surface area contributed by atoms with Gasteiger partial charge in [0.05, 0.1) is 5.69 Å². The maximum atomic E-state index is 12.2. The molecule has 0 fully saturated rings. The monoisotopic (exact) mass is 286 g/mol. The molecule has 0 spiro atoms. The average Bonchev–Trinajstić information content (AvgIpc) is 2.97. The van der Waals surface area contributed by atoms with Crippen molar-refractivity contribution in [3.63, 3.8) is 0 Å². The predicted octanol–water partition coefficient (Wildman–Crippen LogP) is 3.50. The van der Waals surface area contributed by atoms with Crippen molar-refractivity contribution in [3.05, 3.63) is 53.4 Å². The molecule has 0 aliphatic heterocycles. The van der Waals surface area contributed by atoms with Crippen molar-refractivity contribution in [1.82, 2.24) is 10.1 Å². The molecule has 2 aromatic rings. The van der Waals surface area contributed by atoms with E-state index < -0.39 is 0 Å². The van der Waals surface area contributed by atoms with Crippen molar-refractivity contribution < 1.29 is 9.32 Å². The third-order valence-electron chi connectivity index (χ3n) is 3.70. The summed E-state index contributed by atoms with van der Waals surface area (Å²) in [4.78, 5) is 13.9. The van der Waals surface area contributed by atoms with Crippen LogP contribution in [-0.4, -0.2) is 29.1 Å². The van der Waals surface area contributed by atoms with Gasteiger partial charge in [0.2, 0.25) is 5.76 Å². The first-order valence-corrected chi connectivity index (χ1v) is 7.45. The van der Waals surface area contributed by atoms with E-state index in [1.165, 1.54) is 5.56 Å². The highest BCUT2D eigenvalue weighted by atomic mass is 16.5. The van der Waals surface area contributed by atoms with Crippen LogP contribution < -0.4 is 0 Å². The molecule has 0 aliphatic rings. The molecule has 21 heavy (non-hydrogen) atoms. The van der Waals surface area contributed by atoms with Gasteiger partial charge in [0.25, 0.3) is 5.91 Å². The van der Waals surface area contributed by atoms with Crippen LogP contribution in [0.4, 0.5) is 0 Å². The van der Waals surface area contributed by atoms with E-state index in [-0.39, 0.29) is 5.91 Å². The van der Waals surface area contributed by atoms with Crippen molar-refractivity contribution in [1.29, 1.82) is 0 Å². The Bertz CT molecular complexity index is 573. The number of carbonyl (C=O) groups is 1. The summed E-state index contributed by atoms with van der Waals surface area (Å²) in [7, 11) is 0. The van der Waals surface area contributed by atoms with Gasteiger partial charge in [0, 0.05) is 19.2 Å². The second-order valence-electron chi connectivity index (χ2n) is 5.18. The van der Waals surface area contributed by atoms with Gasteiger partial charge in [-0.3, -0.25) is 4.79 Å². The van der Waals surface area contributed by atoms with Gasteiger partial charge in [-0.1, -0.05) is 42.4 Å². The molecular weight excluding hydrogens is 264 g/mol. The molecule has 0 bridgehead atoms. The molecule has 0 radical (unpaired) electrons. The fourth-order valence-corrected chi connectivity index (χ4v) is 2.39. The zero-order valence-electron chi connectivity index (χ0n) is 12.9. The molecule has 0 saturated carbocycles. The van der Waals surface area contributed by atoms with Gasteiger partial charge in [0.1, 0.15) is 0 Å². The third kappa shape index (κ3) is 3.72. The first-order chi connectivity index (χ1) is 10.2. The Morgan fingerprint density at radius 2 is 1.90 bits per heavy atom. The van der Waals surface area contributed by atoms with Gasteiger partial charge in [-0.25, -0.2) is 0 Å². The number of amides is 1. The van der Waals surface area contributed by atoms with Crippen LogP contribution in [0.2, 0.25) is 0 Å². The van der Waals surface area contributed by atoms with Crippen LogP contribution in [-0.2, 0) is 6.42 Å². The fraction of sp³-hybridized carbons (Fsp3) is 0.412. The molecule has 1 atom stereocenters. The third-order valence-corrected chi connectivity index (χ3v) is 3.70. The maximum absolute atomic E-state index is 12.2. The summed E-state index contributed by atoms with van der Waals surface area (Å²) in [6, 6.07) is 12.0. The molecule has 4 heteroatoms. The lowest BCUT2D eigenvalue weighted by atomic mass is 9.96. The van der Waals surface area contributed by atoms with Crippen molar-refractivity contribution >= 4 is 5.91 Å². The number of carbonyl (C=O) groups excluding carboxylic acids is 1. The number of aromatic nitrogens is 1. The highest BCUT2D eigenvalue weighted by Crippen LogP contribution is 2.20. The lowest BCUT2D eigenvalue weighted by Gasteiger charge is -2.15. The summed E-state index contributed by atoms with van der Waals surface area (Å²) in [5, 5.41) is 4.03. The highest BCUT2D eigenvalue weighted by molar-refractivity contribution is 5.91. The van der Waals surface area contributed by atoms with Crippen LogP contribution in [0, 0.1) is 0 Å². The van der Waals surface area contributed by atoms with Crippen molar-refractivity contribution in [2.24, 2.45) is 0 Å². The first kappa shape index (κ1) is 15.3. The Balaban J connectivity index is 2.05. The topological polar surface area (TPSA) is 46.3 Å². The highest BCUT2D eigenvalue weighted by Gasteiger charge is 2.19. The van der Waals surface area contributed by atoms with E-state index in [1.807, 2.05) is 32.0 Å². The SMILES string of the molecule is CCN(CC)C(=O)c1cc(CC(C)c2ccccc2)no1. The second kappa shape index (κ2) is 7.07. The van der Waals surface area contributed by atoms with Gasteiger partial charge < -0.3 is 9.42 Å². The smallest absolute Gasteiger partial charge is 0.292 e. The zero-order valence-corrected chi connectivity index (χ0v) is 12.9. The van der Waals surface area contributed by atoms with Gasteiger partial charge in [-0.15, -0.1) is 0 Å². The van der Waals surface area contributed by atoms with E-state index in [0.717, 1.165) is 12.1 Å². The quantitative estimate of drug-likeness (QED) is 0.816. The van der Waals surface area contributed by atoms with E-state index in [4.69, 9.17) is 4.52 Å². The summed E-state index contributed by atoms with van der Waals surface area (Å²) < 4.78 is 5.21.